The zero-order chi connectivity index (χ0) is 23.2. The molecule has 8 nitrogen and oxygen atoms in total. The fourth-order valence-electron chi connectivity index (χ4n) is 4.52. The number of nitrogens with zero attached hydrogens (tertiary/aromatic N) is 6. The summed E-state index contributed by atoms with van der Waals surface area (Å²) >= 11 is 0. The van der Waals surface area contributed by atoms with Crippen LogP contribution in [0.25, 0.3) is 0 Å². The van der Waals surface area contributed by atoms with E-state index in [0.29, 0.717) is 18.7 Å². The Kier molecular flexibility index (Phi) is 7.40. The van der Waals surface area contributed by atoms with Gasteiger partial charge < -0.3 is 20.0 Å². The topological polar surface area (TPSA) is 88.4 Å². The molecule has 1 aromatic heterocycles. The van der Waals surface area contributed by atoms with E-state index < -0.39 is 0 Å². The number of benzene rings is 1. The number of carbonyl (C=O) groups is 1. The third-order valence-corrected chi connectivity index (χ3v) is 6.55. The summed E-state index contributed by atoms with van der Waals surface area (Å²) in [7, 11) is 2.15. The smallest absolute Gasteiger partial charge is 0.224 e. The first-order valence-corrected chi connectivity index (χ1v) is 11.8. The van der Waals surface area contributed by atoms with Gasteiger partial charge in [0.15, 0.2) is 0 Å². The van der Waals surface area contributed by atoms with Gasteiger partial charge in [0.2, 0.25) is 5.91 Å². The van der Waals surface area contributed by atoms with Crippen molar-refractivity contribution in [2.45, 2.75) is 26.2 Å². The highest BCUT2D eigenvalue weighted by Crippen LogP contribution is 2.25. The molecular weight excluding hydrogens is 414 g/mol. The number of nitriles is 1. The normalized spacial score (nSPS) is 19.2. The van der Waals surface area contributed by atoms with E-state index in [1.165, 1.54) is 0 Å². The van der Waals surface area contributed by atoms with Gasteiger partial charge in [0.05, 0.1) is 17.6 Å². The van der Waals surface area contributed by atoms with Crippen molar-refractivity contribution in [2.24, 2.45) is 5.92 Å². The molecule has 1 amide bonds. The minimum absolute atomic E-state index is 0.0397. The van der Waals surface area contributed by atoms with E-state index in [-0.39, 0.29) is 11.8 Å². The number of nitrogens with one attached hydrogen (secondary N) is 1. The van der Waals surface area contributed by atoms with E-state index in [1.54, 1.807) is 0 Å². The summed E-state index contributed by atoms with van der Waals surface area (Å²) in [6, 6.07) is 11.7. The lowest BCUT2D eigenvalue weighted by Gasteiger charge is -2.35. The second-order valence-corrected chi connectivity index (χ2v) is 9.06. The average molecular weight is 448 g/mol. The van der Waals surface area contributed by atoms with Crippen LogP contribution in [0.5, 0.6) is 0 Å². The van der Waals surface area contributed by atoms with Crippen molar-refractivity contribution < 1.29 is 4.79 Å². The van der Waals surface area contributed by atoms with Crippen LogP contribution in [-0.4, -0.2) is 73.6 Å². The number of piperidine rings is 1. The lowest BCUT2D eigenvalue weighted by molar-refractivity contribution is -0.125. The van der Waals surface area contributed by atoms with Crippen molar-refractivity contribution >= 4 is 17.5 Å². The number of amides is 1. The monoisotopic (exact) mass is 447 g/mol. The van der Waals surface area contributed by atoms with Gasteiger partial charge in [0.25, 0.3) is 0 Å². The van der Waals surface area contributed by atoms with E-state index in [9.17, 15) is 4.79 Å². The molecule has 0 saturated carbocycles. The summed E-state index contributed by atoms with van der Waals surface area (Å²) in [6.07, 6.45) is 2.63. The standard InChI is InChI=1S/C25H33N7O/c1-19-28-23(31-14-12-30(2)13-15-31)16-24(29-19)32-11-3-4-22(18-32)25(33)27-10-9-20-5-7-21(17-26)8-6-20/h5-8,16,22H,3-4,9-15,18H2,1-2H3,(H,27,33)/t22-/m1/s1. The lowest BCUT2D eigenvalue weighted by atomic mass is 9.97. The lowest BCUT2D eigenvalue weighted by Crippen LogP contribution is -2.45. The first-order chi connectivity index (χ1) is 16.0. The number of rotatable bonds is 6. The molecule has 1 N–H and O–H groups in total. The van der Waals surface area contributed by atoms with E-state index in [4.69, 9.17) is 10.2 Å². The fourth-order valence-corrected chi connectivity index (χ4v) is 4.52. The second kappa shape index (κ2) is 10.6. The molecule has 174 valence electrons. The summed E-state index contributed by atoms with van der Waals surface area (Å²) in [5, 5.41) is 12.0. The van der Waals surface area contributed by atoms with Crippen LogP contribution in [0.2, 0.25) is 0 Å². The van der Waals surface area contributed by atoms with Gasteiger partial charge in [-0.25, -0.2) is 9.97 Å². The summed E-state index contributed by atoms with van der Waals surface area (Å²) in [5.74, 6) is 2.75. The molecule has 0 aliphatic carbocycles. The molecule has 2 fully saturated rings. The number of piperazine rings is 1. The maximum absolute atomic E-state index is 12.9. The summed E-state index contributed by atoms with van der Waals surface area (Å²) in [4.78, 5) is 29.1. The molecule has 0 unspecified atom stereocenters. The fraction of sp³-hybridized carbons (Fsp3) is 0.520. The Hall–Kier alpha value is -3.18. The first-order valence-electron chi connectivity index (χ1n) is 11.8. The molecule has 2 saturated heterocycles. The Morgan fingerprint density at radius 3 is 2.48 bits per heavy atom. The van der Waals surface area contributed by atoms with Gasteiger partial charge in [0.1, 0.15) is 17.5 Å². The Balaban J connectivity index is 1.33. The van der Waals surface area contributed by atoms with Crippen molar-refractivity contribution in [3.8, 4) is 6.07 Å². The second-order valence-electron chi connectivity index (χ2n) is 9.06. The van der Waals surface area contributed by atoms with Crippen molar-refractivity contribution in [3.05, 3.63) is 47.3 Å². The highest BCUT2D eigenvalue weighted by molar-refractivity contribution is 5.79. The molecule has 2 aliphatic heterocycles. The number of carbonyl (C=O) groups excluding carboxylic acids is 1. The van der Waals surface area contributed by atoms with Crippen LogP contribution in [0.3, 0.4) is 0 Å². The van der Waals surface area contributed by atoms with Gasteiger partial charge in [0, 0.05) is 51.9 Å². The zero-order valence-electron chi connectivity index (χ0n) is 19.6. The molecule has 8 heteroatoms. The van der Waals surface area contributed by atoms with Crippen molar-refractivity contribution in [1.82, 2.24) is 20.2 Å². The summed E-state index contributed by atoms with van der Waals surface area (Å²) in [5.41, 5.74) is 1.77. The Labute approximate surface area is 196 Å². The minimum Gasteiger partial charge on any atom is -0.356 e. The Bertz CT molecular complexity index is 993. The quantitative estimate of drug-likeness (QED) is 0.724. The zero-order valence-corrected chi connectivity index (χ0v) is 19.6. The van der Waals surface area contributed by atoms with E-state index in [1.807, 2.05) is 31.2 Å². The SMILES string of the molecule is Cc1nc(N2CCN(C)CC2)cc(N2CCC[C@@H](C(=O)NCCc3ccc(C#N)cc3)C2)n1. The van der Waals surface area contributed by atoms with Gasteiger partial charge in [-0.3, -0.25) is 4.79 Å². The predicted octanol–water partition coefficient (Wildman–Crippen LogP) is 1.98. The molecule has 0 bridgehead atoms. The van der Waals surface area contributed by atoms with Crippen LogP contribution < -0.4 is 15.1 Å². The Morgan fingerprint density at radius 1 is 1.09 bits per heavy atom. The van der Waals surface area contributed by atoms with E-state index in [0.717, 1.165) is 75.0 Å². The Morgan fingerprint density at radius 2 is 1.79 bits per heavy atom. The predicted molar refractivity (Wildman–Crippen MR) is 129 cm³/mol. The van der Waals surface area contributed by atoms with Crippen LogP contribution in [0.1, 0.15) is 29.8 Å². The van der Waals surface area contributed by atoms with Gasteiger partial charge in [-0.2, -0.15) is 5.26 Å². The molecule has 0 radical (unpaired) electrons. The largest absolute Gasteiger partial charge is 0.356 e. The third kappa shape index (κ3) is 5.99. The van der Waals surface area contributed by atoms with Gasteiger partial charge in [-0.1, -0.05) is 12.1 Å². The van der Waals surface area contributed by atoms with Crippen molar-refractivity contribution in [3.63, 3.8) is 0 Å². The summed E-state index contributed by atoms with van der Waals surface area (Å²) in [6.45, 7) is 8.14. The average Bonchev–Trinajstić information content (AvgIpc) is 2.84. The number of aryl methyl sites for hydroxylation is 1. The van der Waals surface area contributed by atoms with Crippen LogP contribution in [-0.2, 0) is 11.2 Å². The molecule has 2 aromatic rings. The molecule has 33 heavy (non-hydrogen) atoms. The molecule has 1 aromatic carbocycles. The number of hydrogen-bond acceptors (Lipinski definition) is 7. The van der Waals surface area contributed by atoms with Crippen molar-refractivity contribution in [2.75, 3.05) is 62.7 Å². The molecular formula is C25H33N7O. The van der Waals surface area contributed by atoms with Crippen LogP contribution in [0.15, 0.2) is 30.3 Å². The van der Waals surface area contributed by atoms with E-state index in [2.05, 4.69) is 44.2 Å². The number of aromatic nitrogens is 2. The summed E-state index contributed by atoms with van der Waals surface area (Å²) < 4.78 is 0. The highest BCUT2D eigenvalue weighted by Gasteiger charge is 2.27. The van der Waals surface area contributed by atoms with Crippen molar-refractivity contribution in [1.29, 1.82) is 5.26 Å². The van der Waals surface area contributed by atoms with Gasteiger partial charge in [-0.15, -0.1) is 0 Å². The maximum atomic E-state index is 12.9. The van der Waals surface area contributed by atoms with Crippen LogP contribution >= 0.6 is 0 Å². The van der Waals surface area contributed by atoms with Crippen LogP contribution in [0, 0.1) is 24.2 Å². The number of anilines is 2. The van der Waals surface area contributed by atoms with Gasteiger partial charge >= 0.3 is 0 Å². The molecule has 2 aliphatic rings. The highest BCUT2D eigenvalue weighted by atomic mass is 16.1. The number of hydrogen-bond donors (Lipinski definition) is 1. The maximum Gasteiger partial charge on any atom is 0.224 e. The molecule has 0 spiro atoms. The molecule has 1 atom stereocenters. The minimum atomic E-state index is -0.0397. The van der Waals surface area contributed by atoms with Gasteiger partial charge in [-0.05, 0) is 50.9 Å². The third-order valence-electron chi connectivity index (χ3n) is 6.55. The first kappa shape index (κ1) is 23.0. The van der Waals surface area contributed by atoms with E-state index >= 15 is 0 Å². The molecule has 3 heterocycles. The number of likely N-dealkylation sites (N-methyl/N-ethyl adjacent to an activating group) is 1. The van der Waals surface area contributed by atoms with Crippen LogP contribution in [0.4, 0.5) is 11.6 Å². The molecule has 4 rings (SSSR count).